The lowest BCUT2D eigenvalue weighted by Gasteiger charge is -2.36. The molecule has 0 spiro atoms. The van der Waals surface area contributed by atoms with Crippen molar-refractivity contribution >= 4 is 15.2 Å². The maximum atomic E-state index is 13.8. The van der Waals surface area contributed by atoms with Gasteiger partial charge in [-0.05, 0) is 25.0 Å². The second-order valence-corrected chi connectivity index (χ2v) is 11.3. The summed E-state index contributed by atoms with van der Waals surface area (Å²) in [5, 5.41) is -3.31. The Bertz CT molecular complexity index is 923. The Labute approximate surface area is 159 Å². The summed E-state index contributed by atoms with van der Waals surface area (Å²) >= 11 is 0. The Balaban J connectivity index is 2.33. The molecular weight excluding hydrogens is 386 g/mol. The van der Waals surface area contributed by atoms with Crippen molar-refractivity contribution in [2.75, 3.05) is 7.11 Å². The first-order chi connectivity index (χ1) is 12.5. The molecule has 6 nitrogen and oxygen atoms in total. The molecule has 1 fully saturated rings. The molecule has 146 valence electrons. The van der Waals surface area contributed by atoms with Gasteiger partial charge >= 0.3 is 15.2 Å². The second-order valence-electron chi connectivity index (χ2n) is 7.11. The molecule has 0 radical (unpaired) electrons. The summed E-state index contributed by atoms with van der Waals surface area (Å²) in [4.78, 5) is 20.8. The summed E-state index contributed by atoms with van der Waals surface area (Å²) in [6.45, 7) is 5.22. The van der Waals surface area contributed by atoms with Crippen molar-refractivity contribution in [2.24, 2.45) is 5.92 Å². The van der Waals surface area contributed by atoms with E-state index in [1.807, 2.05) is 13.0 Å². The highest BCUT2D eigenvalue weighted by Gasteiger charge is 2.74. The normalized spacial score (nSPS) is 33.9. The van der Waals surface area contributed by atoms with E-state index in [-0.39, 0.29) is 5.56 Å². The van der Waals surface area contributed by atoms with Crippen LogP contribution in [-0.2, 0) is 28.7 Å². The maximum Gasteiger partial charge on any atom is 0.362 e. The molecule has 0 bridgehead atoms. The van der Waals surface area contributed by atoms with Gasteiger partial charge < -0.3 is 14.3 Å². The molecule has 1 aliphatic rings. The highest BCUT2D eigenvalue weighted by molar-refractivity contribution is 7.58. The van der Waals surface area contributed by atoms with Crippen molar-refractivity contribution in [3.63, 3.8) is 0 Å². The maximum absolute atomic E-state index is 13.8. The van der Waals surface area contributed by atoms with Crippen LogP contribution in [0.2, 0.25) is 0 Å². The zero-order valence-corrected chi connectivity index (χ0v) is 17.5. The van der Waals surface area contributed by atoms with E-state index in [0.29, 0.717) is 5.56 Å². The van der Waals surface area contributed by atoms with Gasteiger partial charge in [0.1, 0.15) is 5.16 Å². The number of hydrogen-bond donors (Lipinski definition) is 2. The minimum Gasteiger partial charge on any atom is -0.322 e. The van der Waals surface area contributed by atoms with E-state index in [0.717, 1.165) is 5.56 Å². The topological polar surface area (TPSA) is 93.1 Å². The van der Waals surface area contributed by atoms with Gasteiger partial charge in [-0.1, -0.05) is 67.1 Å². The van der Waals surface area contributed by atoms with Crippen LogP contribution >= 0.6 is 15.2 Å². The zero-order chi connectivity index (χ0) is 20.1. The first-order valence-electron chi connectivity index (χ1n) is 8.58. The molecule has 2 aromatic carbocycles. The summed E-state index contributed by atoms with van der Waals surface area (Å²) in [6.07, 6.45) is 0. The third-order valence-electron chi connectivity index (χ3n) is 5.75. The zero-order valence-electron chi connectivity index (χ0n) is 15.7. The molecule has 1 heterocycles. The molecule has 0 aliphatic carbocycles. The molecule has 3 rings (SSSR count). The van der Waals surface area contributed by atoms with Crippen LogP contribution < -0.4 is 0 Å². The van der Waals surface area contributed by atoms with Crippen LogP contribution in [-0.4, -0.2) is 16.9 Å². The molecule has 2 aromatic rings. The van der Waals surface area contributed by atoms with Gasteiger partial charge in [-0.3, -0.25) is 13.7 Å². The second kappa shape index (κ2) is 6.66. The van der Waals surface area contributed by atoms with Crippen LogP contribution in [0.3, 0.4) is 0 Å². The van der Waals surface area contributed by atoms with Gasteiger partial charge in [-0.15, -0.1) is 0 Å². The Morgan fingerprint density at radius 3 is 2.11 bits per heavy atom. The molecular formula is C19H24O6P2. The van der Waals surface area contributed by atoms with Crippen LogP contribution in [0.4, 0.5) is 0 Å². The molecule has 1 aliphatic heterocycles. The fraction of sp³-hybridized carbons (Fsp3) is 0.368. The lowest BCUT2D eigenvalue weighted by Crippen LogP contribution is -2.37. The molecule has 27 heavy (non-hydrogen) atoms. The summed E-state index contributed by atoms with van der Waals surface area (Å²) in [7, 11) is -7.59. The fourth-order valence-corrected chi connectivity index (χ4v) is 8.45. The molecule has 4 unspecified atom stereocenters. The van der Waals surface area contributed by atoms with Crippen molar-refractivity contribution in [2.45, 2.75) is 31.3 Å². The largest absolute Gasteiger partial charge is 0.362 e. The van der Waals surface area contributed by atoms with Gasteiger partial charge in [-0.25, -0.2) is 0 Å². The van der Waals surface area contributed by atoms with E-state index in [2.05, 4.69) is 0 Å². The van der Waals surface area contributed by atoms with Crippen LogP contribution in [0.25, 0.3) is 0 Å². The minimum atomic E-state index is -4.91. The molecule has 1 saturated heterocycles. The Hall–Kier alpha value is -1.26. The number of hydrogen-bond acceptors (Lipinski definition) is 4. The van der Waals surface area contributed by atoms with Crippen molar-refractivity contribution < 1.29 is 28.0 Å². The molecule has 0 amide bonds. The first-order valence-corrected chi connectivity index (χ1v) is 11.7. The molecule has 2 N–H and O–H groups in total. The number of rotatable bonds is 4. The van der Waals surface area contributed by atoms with E-state index in [9.17, 15) is 18.9 Å². The van der Waals surface area contributed by atoms with Gasteiger partial charge in [0.05, 0.1) is 0 Å². The standard InChI is InChI=1S/C19H24O6P2/c1-14-10-12-17(13-11-14)19(26(20,21)22)15(2)18(3,27(23,24-4)25-19)16-8-6-5-7-9-16/h5-13,15H,1-4H3,(H2,20,21,22). The van der Waals surface area contributed by atoms with E-state index in [4.69, 9.17) is 9.05 Å². The van der Waals surface area contributed by atoms with Crippen molar-refractivity contribution in [1.29, 1.82) is 0 Å². The monoisotopic (exact) mass is 410 g/mol. The lowest BCUT2D eigenvalue weighted by molar-refractivity contribution is 0.0829. The third-order valence-corrected chi connectivity index (χ3v) is 10.3. The highest BCUT2D eigenvalue weighted by Crippen LogP contribution is 2.84. The average molecular weight is 410 g/mol. The highest BCUT2D eigenvalue weighted by atomic mass is 31.2. The van der Waals surface area contributed by atoms with Crippen LogP contribution in [0.1, 0.15) is 30.5 Å². The van der Waals surface area contributed by atoms with Crippen LogP contribution in [0, 0.1) is 12.8 Å². The average Bonchev–Trinajstić information content (AvgIpc) is 2.83. The van der Waals surface area contributed by atoms with Crippen LogP contribution in [0.5, 0.6) is 0 Å². The Kier molecular flexibility index (Phi) is 5.05. The van der Waals surface area contributed by atoms with Crippen molar-refractivity contribution in [3.8, 4) is 0 Å². The fourth-order valence-electron chi connectivity index (χ4n) is 3.95. The predicted molar refractivity (Wildman–Crippen MR) is 104 cm³/mol. The molecule has 4 atom stereocenters. The number of benzene rings is 2. The minimum absolute atomic E-state index is 0.283. The summed E-state index contributed by atoms with van der Waals surface area (Å²) < 4.78 is 37.7. The van der Waals surface area contributed by atoms with E-state index >= 15 is 0 Å². The lowest BCUT2D eigenvalue weighted by atomic mass is 9.81. The Morgan fingerprint density at radius 2 is 1.63 bits per heavy atom. The van der Waals surface area contributed by atoms with Gasteiger partial charge in [0.15, 0.2) is 0 Å². The van der Waals surface area contributed by atoms with Crippen molar-refractivity contribution in [1.82, 2.24) is 0 Å². The first kappa shape index (κ1) is 20.5. The van der Waals surface area contributed by atoms with E-state index in [1.54, 1.807) is 62.4 Å². The predicted octanol–water partition coefficient (Wildman–Crippen LogP) is 4.75. The smallest absolute Gasteiger partial charge is 0.322 e. The van der Waals surface area contributed by atoms with Gasteiger partial charge in [-0.2, -0.15) is 0 Å². The van der Waals surface area contributed by atoms with Gasteiger partial charge in [0, 0.05) is 13.0 Å². The summed E-state index contributed by atoms with van der Waals surface area (Å²) in [6, 6.07) is 15.7. The third kappa shape index (κ3) is 2.79. The molecule has 8 heteroatoms. The molecule has 0 aromatic heterocycles. The van der Waals surface area contributed by atoms with E-state index < -0.39 is 31.6 Å². The van der Waals surface area contributed by atoms with Gasteiger partial charge in [0.2, 0.25) is 5.34 Å². The van der Waals surface area contributed by atoms with Crippen molar-refractivity contribution in [3.05, 3.63) is 71.3 Å². The quantitative estimate of drug-likeness (QED) is 0.707. The van der Waals surface area contributed by atoms with Gasteiger partial charge in [0.25, 0.3) is 0 Å². The van der Waals surface area contributed by atoms with E-state index in [1.165, 1.54) is 7.11 Å². The molecule has 0 saturated carbocycles. The summed E-state index contributed by atoms with van der Waals surface area (Å²) in [5.41, 5.74) is 1.86. The Morgan fingerprint density at radius 1 is 1.07 bits per heavy atom. The summed E-state index contributed by atoms with van der Waals surface area (Å²) in [5.74, 6) is -0.832. The van der Waals surface area contributed by atoms with Crippen LogP contribution in [0.15, 0.2) is 54.6 Å². The SMILES string of the molecule is COP1(=O)OC(c2ccc(C)cc2)(P(=O)(O)O)C(C)C1(C)c1ccccc1. The number of aryl methyl sites for hydroxylation is 1.